The summed E-state index contributed by atoms with van der Waals surface area (Å²) in [6, 6.07) is 5.93. The lowest BCUT2D eigenvalue weighted by Crippen LogP contribution is -2.41. The maximum Gasteiger partial charge on any atom is 0.155 e. The Labute approximate surface area is 149 Å². The summed E-state index contributed by atoms with van der Waals surface area (Å²) in [6.07, 6.45) is 9.24. The summed E-state index contributed by atoms with van der Waals surface area (Å²) in [5, 5.41) is 4.76. The Balaban J connectivity index is 1.86. The van der Waals surface area contributed by atoms with Crippen LogP contribution in [-0.2, 0) is 11.2 Å². The number of aryl methyl sites for hydroxylation is 1. The third-order valence-electron chi connectivity index (χ3n) is 5.05. The van der Waals surface area contributed by atoms with Crippen LogP contribution in [0.15, 0.2) is 24.4 Å². The Hall–Kier alpha value is -1.79. The van der Waals surface area contributed by atoms with E-state index in [9.17, 15) is 0 Å². The summed E-state index contributed by atoms with van der Waals surface area (Å²) in [4.78, 5) is 9.35. The number of methoxy groups -OCH3 is 1. The van der Waals surface area contributed by atoms with E-state index < -0.39 is 0 Å². The number of unbranched alkanes of at least 4 members (excludes halogenated alkanes) is 2. The number of nitrogens with two attached hydrogens (primary N) is 1. The van der Waals surface area contributed by atoms with Gasteiger partial charge in [-0.3, -0.25) is 0 Å². The summed E-state index contributed by atoms with van der Waals surface area (Å²) in [5.41, 5.74) is 6.31. The lowest BCUT2D eigenvalue weighted by atomic mass is 9.83. The van der Waals surface area contributed by atoms with Crippen molar-refractivity contribution in [2.45, 2.75) is 69.9 Å². The summed E-state index contributed by atoms with van der Waals surface area (Å²) < 4.78 is 7.42. The van der Waals surface area contributed by atoms with Crippen molar-refractivity contribution >= 4 is 0 Å². The van der Waals surface area contributed by atoms with E-state index in [2.05, 4.69) is 11.9 Å². The van der Waals surface area contributed by atoms with Crippen LogP contribution in [0.1, 0.15) is 63.0 Å². The van der Waals surface area contributed by atoms with Crippen molar-refractivity contribution in [2.24, 2.45) is 5.73 Å². The Morgan fingerprint density at radius 2 is 2.16 bits per heavy atom. The molecule has 0 unspecified atom stereocenters. The fraction of sp³-hybridized carbons (Fsp3) is 0.632. The van der Waals surface area contributed by atoms with Crippen LogP contribution in [0.25, 0.3) is 5.82 Å². The van der Waals surface area contributed by atoms with Crippen LogP contribution in [-0.4, -0.2) is 39.0 Å². The van der Waals surface area contributed by atoms with E-state index in [0.29, 0.717) is 5.92 Å². The molecule has 0 aliphatic heterocycles. The van der Waals surface area contributed by atoms with Crippen molar-refractivity contribution in [1.82, 2.24) is 19.7 Å². The van der Waals surface area contributed by atoms with Crippen molar-refractivity contribution in [2.75, 3.05) is 7.11 Å². The van der Waals surface area contributed by atoms with Gasteiger partial charge in [0.1, 0.15) is 5.82 Å². The van der Waals surface area contributed by atoms with Crippen molar-refractivity contribution in [3.63, 3.8) is 0 Å². The minimum absolute atomic E-state index is 0.0428. The quantitative estimate of drug-likeness (QED) is 0.782. The predicted octanol–water partition coefficient (Wildman–Crippen LogP) is 3.00. The van der Waals surface area contributed by atoms with Gasteiger partial charge in [0.2, 0.25) is 0 Å². The van der Waals surface area contributed by atoms with Crippen LogP contribution < -0.4 is 5.73 Å². The van der Waals surface area contributed by atoms with E-state index >= 15 is 0 Å². The molecular weight excluding hydrogens is 314 g/mol. The molecule has 2 aromatic rings. The monoisotopic (exact) mass is 343 g/mol. The third-order valence-corrected chi connectivity index (χ3v) is 5.05. The first-order valence-corrected chi connectivity index (χ1v) is 9.38. The minimum Gasteiger partial charge on any atom is -0.380 e. The molecule has 6 nitrogen and oxygen atoms in total. The van der Waals surface area contributed by atoms with Gasteiger partial charge >= 0.3 is 0 Å². The van der Waals surface area contributed by atoms with Crippen LogP contribution in [0.2, 0.25) is 0 Å². The molecule has 3 atom stereocenters. The highest BCUT2D eigenvalue weighted by Crippen LogP contribution is 2.33. The number of pyridine rings is 1. The van der Waals surface area contributed by atoms with E-state index in [-0.39, 0.29) is 12.1 Å². The lowest BCUT2D eigenvalue weighted by Gasteiger charge is -2.32. The Bertz CT molecular complexity index is 657. The maximum absolute atomic E-state index is 6.31. The maximum atomic E-state index is 6.31. The van der Waals surface area contributed by atoms with Gasteiger partial charge < -0.3 is 10.5 Å². The van der Waals surface area contributed by atoms with E-state index in [1.54, 1.807) is 13.3 Å². The molecule has 3 rings (SSSR count). The normalized spacial score (nSPS) is 23.7. The lowest BCUT2D eigenvalue weighted by molar-refractivity contribution is 0.0482. The van der Waals surface area contributed by atoms with Gasteiger partial charge in [-0.2, -0.15) is 4.68 Å². The summed E-state index contributed by atoms with van der Waals surface area (Å²) in [7, 11) is 1.74. The third kappa shape index (κ3) is 4.25. The van der Waals surface area contributed by atoms with Crippen LogP contribution in [0.3, 0.4) is 0 Å². The van der Waals surface area contributed by atoms with Crippen molar-refractivity contribution in [3.8, 4) is 5.82 Å². The van der Waals surface area contributed by atoms with E-state index in [0.717, 1.165) is 49.6 Å². The Morgan fingerprint density at radius 3 is 2.84 bits per heavy atom. The van der Waals surface area contributed by atoms with Gasteiger partial charge in [-0.1, -0.05) is 25.8 Å². The molecule has 25 heavy (non-hydrogen) atoms. The van der Waals surface area contributed by atoms with Crippen LogP contribution in [0.5, 0.6) is 0 Å². The number of hydrogen-bond donors (Lipinski definition) is 1. The first-order chi connectivity index (χ1) is 12.2. The van der Waals surface area contributed by atoms with Gasteiger partial charge in [0.15, 0.2) is 11.6 Å². The smallest absolute Gasteiger partial charge is 0.155 e. The summed E-state index contributed by atoms with van der Waals surface area (Å²) in [5.74, 6) is 3.04. The zero-order valence-corrected chi connectivity index (χ0v) is 15.3. The summed E-state index contributed by atoms with van der Waals surface area (Å²) in [6.45, 7) is 2.21. The zero-order chi connectivity index (χ0) is 17.6. The average Bonchev–Trinajstić information content (AvgIpc) is 3.07. The van der Waals surface area contributed by atoms with E-state index in [4.69, 9.17) is 20.6 Å². The molecular formula is C19H29N5O. The zero-order valence-electron chi connectivity index (χ0n) is 15.3. The fourth-order valence-electron chi connectivity index (χ4n) is 3.62. The molecule has 0 amide bonds. The molecule has 1 aliphatic carbocycles. The topological polar surface area (TPSA) is 78.9 Å². The van der Waals surface area contributed by atoms with Gasteiger partial charge in [-0.25, -0.2) is 9.97 Å². The second-order valence-corrected chi connectivity index (χ2v) is 6.89. The van der Waals surface area contributed by atoms with Gasteiger partial charge in [0.25, 0.3) is 0 Å². The van der Waals surface area contributed by atoms with Crippen molar-refractivity contribution in [1.29, 1.82) is 0 Å². The highest BCUT2D eigenvalue weighted by Gasteiger charge is 2.32. The van der Waals surface area contributed by atoms with Gasteiger partial charge in [0.05, 0.1) is 6.10 Å². The minimum atomic E-state index is 0.0428. The summed E-state index contributed by atoms with van der Waals surface area (Å²) >= 11 is 0. The number of rotatable bonds is 7. The Kier molecular flexibility index (Phi) is 6.15. The molecule has 2 N–H and O–H groups in total. The average molecular weight is 343 g/mol. The molecule has 2 heterocycles. The fourth-order valence-corrected chi connectivity index (χ4v) is 3.62. The van der Waals surface area contributed by atoms with Crippen LogP contribution in [0, 0.1) is 0 Å². The number of nitrogens with zero attached hydrogens (tertiary/aromatic N) is 4. The Morgan fingerprint density at radius 1 is 1.28 bits per heavy atom. The molecule has 1 saturated carbocycles. The van der Waals surface area contributed by atoms with Crippen molar-refractivity contribution < 1.29 is 4.74 Å². The SMILES string of the molecule is CCCCCc1nc([C@H]2CC[C@@H](OC)[C@H](N)C2)n(-c2ccccn2)n1. The van der Waals surface area contributed by atoms with E-state index in [1.165, 1.54) is 12.8 Å². The van der Waals surface area contributed by atoms with Gasteiger partial charge in [-0.15, -0.1) is 5.10 Å². The highest BCUT2D eigenvalue weighted by atomic mass is 16.5. The number of aromatic nitrogens is 4. The van der Waals surface area contributed by atoms with Gasteiger partial charge in [0, 0.05) is 31.7 Å². The molecule has 6 heteroatoms. The molecule has 0 radical (unpaired) electrons. The van der Waals surface area contributed by atoms with Crippen LogP contribution in [0.4, 0.5) is 0 Å². The molecule has 0 aromatic carbocycles. The number of ether oxygens (including phenoxy) is 1. The first kappa shape index (κ1) is 18.0. The molecule has 2 aromatic heterocycles. The second-order valence-electron chi connectivity index (χ2n) is 6.89. The number of hydrogen-bond acceptors (Lipinski definition) is 5. The standard InChI is InChI=1S/C19H29N5O/c1-3-4-5-8-17-22-19(14-10-11-16(25-2)15(20)13-14)24(23-17)18-9-6-7-12-21-18/h6-7,9,12,14-16H,3-5,8,10-11,13,20H2,1-2H3/t14-,15+,16+/m0/s1. The van der Waals surface area contributed by atoms with Crippen molar-refractivity contribution in [3.05, 3.63) is 36.0 Å². The molecule has 0 spiro atoms. The molecule has 0 bridgehead atoms. The van der Waals surface area contributed by atoms with E-state index in [1.807, 2.05) is 22.9 Å². The largest absolute Gasteiger partial charge is 0.380 e. The molecule has 136 valence electrons. The molecule has 0 saturated heterocycles. The molecule has 1 aliphatic rings. The predicted molar refractivity (Wildman–Crippen MR) is 97.7 cm³/mol. The molecule has 1 fully saturated rings. The first-order valence-electron chi connectivity index (χ1n) is 9.38. The second kappa shape index (κ2) is 8.54. The highest BCUT2D eigenvalue weighted by molar-refractivity contribution is 5.24. The van der Waals surface area contributed by atoms with Gasteiger partial charge in [-0.05, 0) is 37.8 Å². The van der Waals surface area contributed by atoms with Crippen LogP contribution >= 0.6 is 0 Å².